The molecule has 0 aliphatic carbocycles. The lowest BCUT2D eigenvalue weighted by Crippen LogP contribution is -2.51. The van der Waals surface area contributed by atoms with Crippen LogP contribution in [0.2, 0.25) is 0 Å². The number of nitrogens with zero attached hydrogens (tertiary/aromatic N) is 5. The van der Waals surface area contributed by atoms with Crippen LogP contribution in [0.1, 0.15) is 38.5 Å². The van der Waals surface area contributed by atoms with Crippen molar-refractivity contribution in [3.63, 3.8) is 0 Å². The van der Waals surface area contributed by atoms with Crippen molar-refractivity contribution in [2.45, 2.75) is 56.1 Å². The number of rotatable bonds is 6. The first-order valence-electron chi connectivity index (χ1n) is 14.2. The molecule has 0 saturated carbocycles. The minimum absolute atomic E-state index is 0.142. The second-order valence-electron chi connectivity index (χ2n) is 11.6. The molecule has 0 radical (unpaired) electrons. The van der Waals surface area contributed by atoms with Gasteiger partial charge in [-0.3, -0.25) is 4.90 Å². The van der Waals surface area contributed by atoms with Crippen molar-refractivity contribution in [1.82, 2.24) is 25.2 Å². The van der Waals surface area contributed by atoms with E-state index in [1.54, 1.807) is 12.1 Å². The van der Waals surface area contributed by atoms with Crippen molar-refractivity contribution in [3.8, 4) is 11.8 Å². The van der Waals surface area contributed by atoms with Crippen LogP contribution >= 0.6 is 11.3 Å². The number of hydrogen-bond acceptors (Lipinski definition) is 10. The molecule has 2 aromatic carbocycles. The molecule has 4 aliphatic heterocycles. The van der Waals surface area contributed by atoms with Crippen LogP contribution in [-0.4, -0.2) is 75.4 Å². The zero-order chi connectivity index (χ0) is 26.0. The van der Waals surface area contributed by atoms with Crippen LogP contribution < -0.4 is 20.3 Å². The SMILES string of the molecule is Oc1cc(Nc2nc3c(N4CC5CC[C@@H](C4)N5)nc(OCC45CCCN4CCC5)nc3s2)c2ccccc2c1. The Morgan fingerprint density at radius 3 is 2.67 bits per heavy atom. The Hall–Kier alpha value is -3.21. The van der Waals surface area contributed by atoms with Gasteiger partial charge in [-0.1, -0.05) is 35.6 Å². The zero-order valence-corrected chi connectivity index (χ0v) is 22.7. The summed E-state index contributed by atoms with van der Waals surface area (Å²) in [5, 5.41) is 20.3. The van der Waals surface area contributed by atoms with E-state index in [0.717, 1.165) is 50.8 Å². The van der Waals surface area contributed by atoms with Gasteiger partial charge in [0, 0.05) is 36.6 Å². The maximum Gasteiger partial charge on any atom is 0.319 e. The standard InChI is InChI=1S/C29H33N7O2S/c37-21-13-18-5-1-2-6-22(18)23(14-21)31-28-32-24-25(35-15-19-7-8-20(16-35)30-19)33-27(34-26(24)39-28)38-17-29-9-3-11-36(29)12-4-10-29/h1-2,5-6,13-14,19-20,30,37H,3-4,7-12,15-17H2,(H,31,32)/t19-,20?/m0/s1. The van der Waals surface area contributed by atoms with E-state index < -0.39 is 0 Å². The molecule has 8 rings (SSSR count). The summed E-state index contributed by atoms with van der Waals surface area (Å²) in [7, 11) is 0. The number of aromatic hydroxyl groups is 1. The number of aromatic nitrogens is 3. The number of benzene rings is 2. The quantitative estimate of drug-likeness (QED) is 0.321. The predicted molar refractivity (Wildman–Crippen MR) is 155 cm³/mol. The molecule has 9 nitrogen and oxygen atoms in total. The smallest absolute Gasteiger partial charge is 0.319 e. The van der Waals surface area contributed by atoms with Crippen molar-refractivity contribution < 1.29 is 9.84 Å². The van der Waals surface area contributed by atoms with Crippen molar-refractivity contribution in [1.29, 1.82) is 0 Å². The zero-order valence-electron chi connectivity index (χ0n) is 21.9. The third-order valence-electron chi connectivity index (χ3n) is 9.11. The number of fused-ring (bicyclic) bond motifs is 5. The molecule has 202 valence electrons. The number of nitrogens with one attached hydrogen (secondary N) is 2. The molecule has 2 bridgehead atoms. The topological polar surface area (TPSA) is 98.7 Å². The van der Waals surface area contributed by atoms with Gasteiger partial charge in [0.15, 0.2) is 15.8 Å². The molecule has 10 heteroatoms. The number of hydrogen-bond donors (Lipinski definition) is 3. The molecule has 4 fully saturated rings. The highest BCUT2D eigenvalue weighted by Gasteiger charge is 2.45. The van der Waals surface area contributed by atoms with Gasteiger partial charge in [0.1, 0.15) is 17.9 Å². The summed E-state index contributed by atoms with van der Waals surface area (Å²) in [6.45, 7) is 4.82. The maximum absolute atomic E-state index is 10.3. The molecule has 4 saturated heterocycles. The Morgan fingerprint density at radius 1 is 1.05 bits per heavy atom. The van der Waals surface area contributed by atoms with E-state index in [2.05, 4.69) is 20.4 Å². The predicted octanol–water partition coefficient (Wildman–Crippen LogP) is 4.64. The number of thiazole rings is 1. The fraction of sp³-hybridized carbons (Fsp3) is 0.483. The molecule has 3 N–H and O–H groups in total. The van der Waals surface area contributed by atoms with E-state index in [1.165, 1.54) is 63.0 Å². The molecule has 4 aliphatic rings. The van der Waals surface area contributed by atoms with Crippen LogP contribution in [0, 0.1) is 0 Å². The van der Waals surface area contributed by atoms with Crippen LogP contribution in [0.25, 0.3) is 21.1 Å². The summed E-state index contributed by atoms with van der Waals surface area (Å²) in [5.74, 6) is 1.09. The average molecular weight is 544 g/mol. The van der Waals surface area contributed by atoms with E-state index in [0.29, 0.717) is 24.7 Å². The molecular formula is C29H33N7O2S. The number of phenols is 1. The lowest BCUT2D eigenvalue weighted by molar-refractivity contribution is 0.108. The van der Waals surface area contributed by atoms with Gasteiger partial charge >= 0.3 is 6.01 Å². The first kappa shape index (κ1) is 23.7. The highest BCUT2D eigenvalue weighted by atomic mass is 32.1. The Balaban J connectivity index is 1.16. The van der Waals surface area contributed by atoms with Gasteiger partial charge in [-0.2, -0.15) is 9.97 Å². The second kappa shape index (κ2) is 9.18. The minimum Gasteiger partial charge on any atom is -0.508 e. The summed E-state index contributed by atoms with van der Waals surface area (Å²) >= 11 is 1.50. The van der Waals surface area contributed by atoms with Crippen LogP contribution in [0.5, 0.6) is 11.8 Å². The van der Waals surface area contributed by atoms with Crippen LogP contribution in [0.15, 0.2) is 36.4 Å². The summed E-state index contributed by atoms with van der Waals surface area (Å²) in [4.78, 5) is 20.7. The summed E-state index contributed by atoms with van der Waals surface area (Å²) in [5.41, 5.74) is 1.77. The Kier molecular flexibility index (Phi) is 5.57. The third kappa shape index (κ3) is 4.16. The molecule has 4 aromatic rings. The van der Waals surface area contributed by atoms with E-state index in [1.807, 2.05) is 24.3 Å². The molecule has 2 atom stereocenters. The highest BCUT2D eigenvalue weighted by Crippen LogP contribution is 2.40. The number of anilines is 3. The van der Waals surface area contributed by atoms with Crippen LogP contribution in [0.3, 0.4) is 0 Å². The molecule has 2 aromatic heterocycles. The average Bonchev–Trinajstić information content (AvgIpc) is 3.70. The summed E-state index contributed by atoms with van der Waals surface area (Å²) in [6, 6.07) is 13.0. The van der Waals surface area contributed by atoms with Crippen molar-refractivity contribution >= 4 is 49.1 Å². The van der Waals surface area contributed by atoms with Gasteiger partial charge in [-0.25, -0.2) is 4.98 Å². The Bertz CT molecular complexity index is 1540. The fourth-order valence-corrected chi connectivity index (χ4v) is 8.11. The monoisotopic (exact) mass is 543 g/mol. The Morgan fingerprint density at radius 2 is 1.85 bits per heavy atom. The number of ether oxygens (including phenoxy) is 1. The van der Waals surface area contributed by atoms with Gasteiger partial charge in [-0.05, 0) is 63.1 Å². The molecule has 0 spiro atoms. The van der Waals surface area contributed by atoms with E-state index >= 15 is 0 Å². The first-order chi connectivity index (χ1) is 19.1. The van der Waals surface area contributed by atoms with Crippen molar-refractivity contribution in [3.05, 3.63) is 36.4 Å². The Labute approximate surface area is 231 Å². The lowest BCUT2D eigenvalue weighted by Gasteiger charge is -2.34. The highest BCUT2D eigenvalue weighted by molar-refractivity contribution is 7.21. The number of piperazine rings is 1. The molecule has 39 heavy (non-hydrogen) atoms. The van der Waals surface area contributed by atoms with Crippen LogP contribution in [0.4, 0.5) is 16.6 Å². The summed E-state index contributed by atoms with van der Waals surface area (Å²) in [6.07, 6.45) is 7.26. The van der Waals surface area contributed by atoms with Crippen LogP contribution in [-0.2, 0) is 0 Å². The van der Waals surface area contributed by atoms with Gasteiger partial charge in [0.2, 0.25) is 0 Å². The lowest BCUT2D eigenvalue weighted by atomic mass is 9.95. The van der Waals surface area contributed by atoms with Gasteiger partial charge in [-0.15, -0.1) is 0 Å². The molecule has 1 unspecified atom stereocenters. The third-order valence-corrected chi connectivity index (χ3v) is 9.97. The minimum atomic E-state index is 0.142. The number of phenolic OH excluding ortho intramolecular Hbond substituents is 1. The van der Waals surface area contributed by atoms with E-state index in [4.69, 9.17) is 19.7 Å². The maximum atomic E-state index is 10.3. The summed E-state index contributed by atoms with van der Waals surface area (Å²) < 4.78 is 6.42. The second-order valence-corrected chi connectivity index (χ2v) is 12.6. The molecular weight excluding hydrogens is 510 g/mol. The van der Waals surface area contributed by atoms with Gasteiger partial charge in [0.05, 0.1) is 11.2 Å². The fourth-order valence-electron chi connectivity index (χ4n) is 7.27. The van der Waals surface area contributed by atoms with E-state index in [9.17, 15) is 5.11 Å². The molecule has 6 heterocycles. The largest absolute Gasteiger partial charge is 0.508 e. The normalized spacial score (nSPS) is 24.1. The molecule has 0 amide bonds. The van der Waals surface area contributed by atoms with Gasteiger partial charge < -0.3 is 25.4 Å². The van der Waals surface area contributed by atoms with E-state index in [-0.39, 0.29) is 11.3 Å². The van der Waals surface area contributed by atoms with Crippen molar-refractivity contribution in [2.24, 2.45) is 0 Å². The van der Waals surface area contributed by atoms with Gasteiger partial charge in [0.25, 0.3) is 0 Å². The van der Waals surface area contributed by atoms with Crippen molar-refractivity contribution in [2.75, 3.05) is 43.0 Å². The first-order valence-corrected chi connectivity index (χ1v) is 15.0.